The lowest BCUT2D eigenvalue weighted by atomic mass is 10.1. The Bertz CT molecular complexity index is 2120. The van der Waals surface area contributed by atoms with Crippen LogP contribution in [0.25, 0.3) is 6.08 Å². The molecule has 0 spiro atoms. The SMILES string of the molecule is COC(=O)c1c(NC(=O)C(Sc2cccc(NC(=O)/C(=C/c3ccccc3F)NC(=O)c3ccccc3)c2)c2ccccc2)sc2c1CCCCC2. The minimum Gasteiger partial charge on any atom is -0.465 e. The first kappa shape index (κ1) is 36.3. The number of carbonyl (C=O) groups excluding carboxylic acids is 4. The molecule has 1 heterocycles. The van der Waals surface area contributed by atoms with Crippen molar-refractivity contribution in [3.05, 3.63) is 153 Å². The lowest BCUT2D eigenvalue weighted by Crippen LogP contribution is -2.30. The maximum absolute atomic E-state index is 14.6. The van der Waals surface area contributed by atoms with Gasteiger partial charge in [0.1, 0.15) is 21.8 Å². The van der Waals surface area contributed by atoms with Gasteiger partial charge >= 0.3 is 5.97 Å². The molecule has 1 aromatic heterocycles. The molecule has 264 valence electrons. The van der Waals surface area contributed by atoms with Crippen molar-refractivity contribution in [3.8, 4) is 0 Å². The molecule has 11 heteroatoms. The fraction of sp³-hybridized carbons (Fsp3) is 0.171. The lowest BCUT2D eigenvalue weighted by molar-refractivity contribution is -0.116. The highest BCUT2D eigenvalue weighted by Crippen LogP contribution is 2.41. The van der Waals surface area contributed by atoms with Crippen LogP contribution in [0, 0.1) is 5.82 Å². The van der Waals surface area contributed by atoms with Gasteiger partial charge in [-0.3, -0.25) is 14.4 Å². The molecule has 0 bridgehead atoms. The standard InChI is InChI=1S/C41H36FN3O5S2/c1-50-41(49)35-31-21-9-4-10-23-34(31)52-40(35)45-39(48)36(26-14-5-2-6-15-26)51-30-20-13-19-29(25-30)43-38(47)33(24-28-18-11-12-22-32(28)42)44-37(46)27-16-7-3-8-17-27/h2-3,5-8,11-20,22,24-25,36H,4,9-10,21,23H2,1H3,(H,43,47)(H,44,46)(H,45,48)/b33-24-. The summed E-state index contributed by atoms with van der Waals surface area (Å²) in [6, 6.07) is 30.6. The summed E-state index contributed by atoms with van der Waals surface area (Å²) in [6.07, 6.45) is 5.97. The molecule has 5 aromatic rings. The lowest BCUT2D eigenvalue weighted by Gasteiger charge is -2.18. The number of hydrogen-bond donors (Lipinski definition) is 3. The van der Waals surface area contributed by atoms with Crippen LogP contribution in [-0.2, 0) is 27.2 Å². The molecule has 0 radical (unpaired) electrons. The van der Waals surface area contributed by atoms with Crippen molar-refractivity contribution in [2.75, 3.05) is 17.7 Å². The van der Waals surface area contributed by atoms with E-state index in [9.17, 15) is 23.6 Å². The number of halogens is 1. The zero-order chi connectivity index (χ0) is 36.5. The van der Waals surface area contributed by atoms with Crippen molar-refractivity contribution in [2.24, 2.45) is 0 Å². The number of benzene rings is 4. The molecule has 1 aliphatic rings. The summed E-state index contributed by atoms with van der Waals surface area (Å²) in [7, 11) is 1.35. The first-order valence-corrected chi connectivity index (χ1v) is 18.5. The fourth-order valence-electron chi connectivity index (χ4n) is 5.90. The molecule has 1 atom stereocenters. The van der Waals surface area contributed by atoms with Crippen molar-refractivity contribution in [1.29, 1.82) is 0 Å². The van der Waals surface area contributed by atoms with Crippen LogP contribution >= 0.6 is 23.1 Å². The molecule has 52 heavy (non-hydrogen) atoms. The zero-order valence-corrected chi connectivity index (χ0v) is 30.0. The van der Waals surface area contributed by atoms with Crippen LogP contribution in [-0.4, -0.2) is 30.8 Å². The second-order valence-corrected chi connectivity index (χ2v) is 14.3. The number of thioether (sulfide) groups is 1. The van der Waals surface area contributed by atoms with Crippen LogP contribution in [0.3, 0.4) is 0 Å². The van der Waals surface area contributed by atoms with Crippen molar-refractivity contribution < 1.29 is 28.3 Å². The third kappa shape index (κ3) is 8.85. The summed E-state index contributed by atoms with van der Waals surface area (Å²) in [5, 5.41) is 8.26. The Morgan fingerprint density at radius 1 is 0.827 bits per heavy atom. The number of esters is 1. The van der Waals surface area contributed by atoms with Crippen molar-refractivity contribution >= 4 is 63.6 Å². The largest absolute Gasteiger partial charge is 0.465 e. The Morgan fingerprint density at radius 2 is 1.54 bits per heavy atom. The second-order valence-electron chi connectivity index (χ2n) is 12.0. The molecule has 1 unspecified atom stereocenters. The van der Waals surface area contributed by atoms with Gasteiger partial charge in [0.25, 0.3) is 11.8 Å². The number of fused-ring (bicyclic) bond motifs is 1. The maximum Gasteiger partial charge on any atom is 0.341 e. The van der Waals surface area contributed by atoms with Gasteiger partial charge in [0, 0.05) is 26.6 Å². The number of hydrogen-bond acceptors (Lipinski definition) is 7. The highest BCUT2D eigenvalue weighted by Gasteiger charge is 2.29. The third-order valence-electron chi connectivity index (χ3n) is 8.47. The Kier molecular flexibility index (Phi) is 11.9. The van der Waals surface area contributed by atoms with Gasteiger partial charge in [-0.15, -0.1) is 23.1 Å². The van der Waals surface area contributed by atoms with E-state index < -0.39 is 28.9 Å². The number of aryl methyl sites for hydroxylation is 1. The average Bonchev–Trinajstić information content (AvgIpc) is 3.33. The fourth-order valence-corrected chi connectivity index (χ4v) is 8.26. The molecular formula is C41H36FN3O5S2. The van der Waals surface area contributed by atoms with Crippen LogP contribution in [0.1, 0.15) is 66.8 Å². The topological polar surface area (TPSA) is 114 Å². The summed E-state index contributed by atoms with van der Waals surface area (Å²) in [5.74, 6) is -2.53. The molecule has 3 N–H and O–H groups in total. The average molecular weight is 734 g/mol. The van der Waals surface area contributed by atoms with Gasteiger partial charge in [0.2, 0.25) is 5.91 Å². The quantitative estimate of drug-likeness (QED) is 0.0541. The maximum atomic E-state index is 14.6. The minimum atomic E-state index is -0.721. The number of amides is 3. The van der Waals surface area contributed by atoms with E-state index in [1.165, 1.54) is 54.5 Å². The van der Waals surface area contributed by atoms with E-state index in [2.05, 4.69) is 16.0 Å². The smallest absolute Gasteiger partial charge is 0.341 e. The number of nitrogens with one attached hydrogen (secondary N) is 3. The molecule has 0 saturated heterocycles. The van der Waals surface area contributed by atoms with E-state index in [1.54, 1.807) is 54.6 Å². The summed E-state index contributed by atoms with van der Waals surface area (Å²) in [6.45, 7) is 0. The molecule has 3 amide bonds. The molecule has 1 aliphatic carbocycles. The first-order chi connectivity index (χ1) is 25.3. The van der Waals surface area contributed by atoms with Gasteiger partial charge in [-0.25, -0.2) is 9.18 Å². The van der Waals surface area contributed by atoms with E-state index in [-0.39, 0.29) is 17.2 Å². The monoisotopic (exact) mass is 733 g/mol. The van der Waals surface area contributed by atoms with Crippen molar-refractivity contribution in [3.63, 3.8) is 0 Å². The van der Waals surface area contributed by atoms with Gasteiger partial charge in [0.05, 0.1) is 12.7 Å². The molecule has 0 aliphatic heterocycles. The van der Waals surface area contributed by atoms with E-state index in [0.717, 1.165) is 48.1 Å². The summed E-state index contributed by atoms with van der Waals surface area (Å²) < 4.78 is 19.8. The highest BCUT2D eigenvalue weighted by atomic mass is 32.2. The molecule has 0 saturated carbocycles. The molecule has 0 fully saturated rings. The summed E-state index contributed by atoms with van der Waals surface area (Å²) in [4.78, 5) is 55.5. The number of methoxy groups -OCH3 is 1. The number of ether oxygens (including phenoxy) is 1. The highest BCUT2D eigenvalue weighted by molar-refractivity contribution is 8.00. The Hall–Kier alpha value is -5.52. The van der Waals surface area contributed by atoms with E-state index in [0.29, 0.717) is 26.7 Å². The van der Waals surface area contributed by atoms with E-state index >= 15 is 0 Å². The van der Waals surface area contributed by atoms with Gasteiger partial charge in [0.15, 0.2) is 0 Å². The van der Waals surface area contributed by atoms with Crippen molar-refractivity contribution in [1.82, 2.24) is 5.32 Å². The molecule has 4 aromatic carbocycles. The molecular weight excluding hydrogens is 698 g/mol. The van der Waals surface area contributed by atoms with Crippen molar-refractivity contribution in [2.45, 2.75) is 42.2 Å². The Balaban J connectivity index is 1.25. The van der Waals surface area contributed by atoms with Gasteiger partial charge in [-0.2, -0.15) is 0 Å². The Morgan fingerprint density at radius 3 is 2.29 bits per heavy atom. The van der Waals surface area contributed by atoms with E-state index in [1.807, 2.05) is 36.4 Å². The molecule has 6 rings (SSSR count). The number of carbonyl (C=O) groups is 4. The van der Waals surface area contributed by atoms with Gasteiger partial charge in [-0.05, 0) is 79.3 Å². The predicted octanol–water partition coefficient (Wildman–Crippen LogP) is 8.82. The van der Waals surface area contributed by atoms with Crippen LogP contribution in [0.15, 0.2) is 120 Å². The predicted molar refractivity (Wildman–Crippen MR) is 204 cm³/mol. The first-order valence-electron chi connectivity index (χ1n) is 16.8. The third-order valence-corrected chi connectivity index (χ3v) is 10.9. The van der Waals surface area contributed by atoms with Crippen LogP contribution in [0.4, 0.5) is 15.1 Å². The van der Waals surface area contributed by atoms with Crippen LogP contribution < -0.4 is 16.0 Å². The van der Waals surface area contributed by atoms with Crippen LogP contribution in [0.2, 0.25) is 0 Å². The number of thiophene rings is 1. The van der Waals surface area contributed by atoms with Crippen LogP contribution in [0.5, 0.6) is 0 Å². The van der Waals surface area contributed by atoms with E-state index in [4.69, 9.17) is 4.74 Å². The minimum absolute atomic E-state index is 0.125. The number of anilines is 2. The normalized spacial score (nSPS) is 13.2. The zero-order valence-electron chi connectivity index (χ0n) is 28.3. The number of rotatable bonds is 11. The summed E-state index contributed by atoms with van der Waals surface area (Å²) in [5.41, 5.74) is 2.82. The molecule has 8 nitrogen and oxygen atoms in total. The Labute approximate surface area is 309 Å². The summed E-state index contributed by atoms with van der Waals surface area (Å²) >= 11 is 2.71. The van der Waals surface area contributed by atoms with Gasteiger partial charge in [-0.1, -0.05) is 79.2 Å². The second kappa shape index (κ2) is 17.1. The van der Waals surface area contributed by atoms with Gasteiger partial charge < -0.3 is 20.7 Å².